The SMILES string of the molecule is CC(C)(C)OC(=O)N1C2CC(C2)C(=NO)C1Cc1cccc(Br)c1F. The van der Waals surface area contributed by atoms with E-state index in [0.717, 1.165) is 12.8 Å². The molecule has 1 saturated carbocycles. The van der Waals surface area contributed by atoms with Crippen LogP contribution in [0.1, 0.15) is 39.2 Å². The number of carbonyl (C=O) groups is 1. The Morgan fingerprint density at radius 2 is 2.12 bits per heavy atom. The fourth-order valence-corrected chi connectivity index (χ4v) is 3.99. The molecular weight excluding hydrogens is 391 g/mol. The Morgan fingerprint density at radius 1 is 1.44 bits per heavy atom. The zero-order chi connectivity index (χ0) is 18.4. The van der Waals surface area contributed by atoms with Gasteiger partial charge in [-0.05, 0) is 61.2 Å². The molecule has 5 nitrogen and oxygen atoms in total. The van der Waals surface area contributed by atoms with Gasteiger partial charge in [0.15, 0.2) is 0 Å². The third-order valence-electron chi connectivity index (χ3n) is 4.77. The number of fused-ring (bicyclic) bond motifs is 2. The van der Waals surface area contributed by atoms with Gasteiger partial charge in [0.05, 0.1) is 16.2 Å². The molecule has 136 valence electrons. The van der Waals surface area contributed by atoms with Gasteiger partial charge in [-0.15, -0.1) is 0 Å². The first kappa shape index (κ1) is 18.2. The van der Waals surface area contributed by atoms with E-state index in [2.05, 4.69) is 21.1 Å². The molecule has 2 saturated heterocycles. The highest BCUT2D eigenvalue weighted by Gasteiger charge is 2.52. The maximum Gasteiger partial charge on any atom is 0.411 e. The average Bonchev–Trinajstić information content (AvgIpc) is 2.48. The third-order valence-corrected chi connectivity index (χ3v) is 5.38. The van der Waals surface area contributed by atoms with Gasteiger partial charge in [0.1, 0.15) is 11.4 Å². The number of hydrogen-bond donors (Lipinski definition) is 1. The van der Waals surface area contributed by atoms with E-state index in [9.17, 15) is 14.4 Å². The van der Waals surface area contributed by atoms with Crippen molar-refractivity contribution in [2.45, 2.75) is 57.7 Å². The predicted molar refractivity (Wildman–Crippen MR) is 95.4 cm³/mol. The number of ether oxygens (including phenoxy) is 1. The molecule has 4 rings (SSSR count). The van der Waals surface area contributed by atoms with Crippen LogP contribution in [0.25, 0.3) is 0 Å². The van der Waals surface area contributed by atoms with E-state index >= 15 is 0 Å². The average molecular weight is 413 g/mol. The molecule has 1 atom stereocenters. The van der Waals surface area contributed by atoms with Crippen molar-refractivity contribution < 1.29 is 19.1 Å². The minimum atomic E-state index is -0.625. The Labute approximate surface area is 155 Å². The second kappa shape index (κ2) is 6.59. The predicted octanol–water partition coefficient (Wildman–Crippen LogP) is 4.36. The summed E-state index contributed by atoms with van der Waals surface area (Å²) in [5.74, 6) is -0.211. The molecular formula is C18H22BrFN2O3. The Balaban J connectivity index is 1.91. The fourth-order valence-electron chi connectivity index (χ4n) is 3.58. The van der Waals surface area contributed by atoms with Crippen molar-refractivity contribution in [1.82, 2.24) is 4.90 Å². The molecule has 1 aromatic rings. The Kier molecular flexibility index (Phi) is 4.79. The molecule has 0 radical (unpaired) electrons. The molecule has 1 amide bonds. The van der Waals surface area contributed by atoms with E-state index in [4.69, 9.17) is 4.74 Å². The van der Waals surface area contributed by atoms with E-state index in [1.165, 1.54) is 0 Å². The Hall–Kier alpha value is -1.63. The van der Waals surface area contributed by atoms with Gasteiger partial charge in [0, 0.05) is 18.4 Å². The largest absolute Gasteiger partial charge is 0.444 e. The number of rotatable bonds is 2. The third kappa shape index (κ3) is 3.52. The summed E-state index contributed by atoms with van der Waals surface area (Å²) in [4.78, 5) is 14.4. The van der Waals surface area contributed by atoms with Crippen molar-refractivity contribution in [1.29, 1.82) is 0 Å². The van der Waals surface area contributed by atoms with Gasteiger partial charge in [-0.25, -0.2) is 9.18 Å². The molecule has 2 bridgehead atoms. The topological polar surface area (TPSA) is 62.1 Å². The summed E-state index contributed by atoms with van der Waals surface area (Å²) in [6, 6.07) is 4.61. The molecule has 2 heterocycles. The number of oxime groups is 1. The summed E-state index contributed by atoms with van der Waals surface area (Å²) in [6.45, 7) is 5.42. The number of benzene rings is 1. The van der Waals surface area contributed by atoms with Crippen molar-refractivity contribution in [3.05, 3.63) is 34.1 Å². The quantitative estimate of drug-likeness (QED) is 0.579. The first-order chi connectivity index (χ1) is 11.7. The van der Waals surface area contributed by atoms with Crippen LogP contribution in [0.4, 0.5) is 9.18 Å². The van der Waals surface area contributed by atoms with Crippen LogP contribution in [0, 0.1) is 11.7 Å². The summed E-state index contributed by atoms with van der Waals surface area (Å²) >= 11 is 3.19. The van der Waals surface area contributed by atoms with E-state index in [-0.39, 0.29) is 24.2 Å². The zero-order valence-electron chi connectivity index (χ0n) is 14.5. The van der Waals surface area contributed by atoms with Crippen LogP contribution in [0.3, 0.4) is 0 Å². The van der Waals surface area contributed by atoms with Crippen LogP contribution in [0.2, 0.25) is 0 Å². The van der Waals surface area contributed by atoms with Crippen LogP contribution in [-0.2, 0) is 11.2 Å². The van der Waals surface area contributed by atoms with Crippen molar-refractivity contribution >= 4 is 27.7 Å². The number of amides is 1. The van der Waals surface area contributed by atoms with Crippen molar-refractivity contribution in [3.63, 3.8) is 0 Å². The first-order valence-electron chi connectivity index (χ1n) is 8.37. The summed E-state index contributed by atoms with van der Waals surface area (Å²) in [5, 5.41) is 13.0. The lowest BCUT2D eigenvalue weighted by molar-refractivity contribution is -0.0143. The van der Waals surface area contributed by atoms with Crippen LogP contribution in [-0.4, -0.2) is 39.6 Å². The number of nitrogens with zero attached hydrogens (tertiary/aromatic N) is 2. The first-order valence-corrected chi connectivity index (χ1v) is 9.16. The zero-order valence-corrected chi connectivity index (χ0v) is 16.1. The van der Waals surface area contributed by atoms with Gasteiger partial charge in [-0.1, -0.05) is 17.3 Å². The van der Waals surface area contributed by atoms with Gasteiger partial charge in [-0.3, -0.25) is 4.90 Å². The summed E-state index contributed by atoms with van der Waals surface area (Å²) < 4.78 is 20.3. The van der Waals surface area contributed by atoms with Crippen LogP contribution in [0.5, 0.6) is 0 Å². The van der Waals surface area contributed by atoms with Gasteiger partial charge >= 0.3 is 6.09 Å². The number of carbonyl (C=O) groups excluding carboxylic acids is 1. The number of hydrogen-bond acceptors (Lipinski definition) is 4. The lowest BCUT2D eigenvalue weighted by Crippen LogP contribution is -2.65. The lowest BCUT2D eigenvalue weighted by Gasteiger charge is -2.53. The van der Waals surface area contributed by atoms with Gasteiger partial charge in [0.25, 0.3) is 0 Å². The molecule has 7 heteroatoms. The van der Waals surface area contributed by atoms with Crippen molar-refractivity contribution in [3.8, 4) is 0 Å². The summed E-state index contributed by atoms with van der Waals surface area (Å²) in [5.41, 5.74) is 0.378. The van der Waals surface area contributed by atoms with Gasteiger partial charge in [0.2, 0.25) is 0 Å². The molecule has 25 heavy (non-hydrogen) atoms. The maximum atomic E-state index is 14.4. The van der Waals surface area contributed by atoms with Crippen LogP contribution >= 0.6 is 15.9 Å². The minimum Gasteiger partial charge on any atom is -0.444 e. The molecule has 2 aliphatic heterocycles. The van der Waals surface area contributed by atoms with Crippen LogP contribution in [0.15, 0.2) is 27.8 Å². The second-order valence-corrected chi connectivity index (χ2v) is 8.52. The highest BCUT2D eigenvalue weighted by molar-refractivity contribution is 9.10. The number of halogens is 2. The Morgan fingerprint density at radius 3 is 2.72 bits per heavy atom. The maximum absolute atomic E-state index is 14.4. The molecule has 0 aromatic heterocycles. The van der Waals surface area contributed by atoms with Crippen molar-refractivity contribution in [2.24, 2.45) is 11.1 Å². The molecule has 1 N–H and O–H groups in total. The number of piperidine rings is 2. The van der Waals surface area contributed by atoms with E-state index in [1.807, 2.05) is 20.8 Å². The van der Waals surface area contributed by atoms with Gasteiger partial charge < -0.3 is 9.94 Å². The molecule has 3 aliphatic rings. The monoisotopic (exact) mass is 412 g/mol. The van der Waals surface area contributed by atoms with Gasteiger partial charge in [-0.2, -0.15) is 0 Å². The van der Waals surface area contributed by atoms with E-state index in [0.29, 0.717) is 15.7 Å². The van der Waals surface area contributed by atoms with E-state index in [1.54, 1.807) is 23.1 Å². The minimum absolute atomic E-state index is 0.0468. The summed E-state index contributed by atoms with van der Waals surface area (Å²) in [6.07, 6.45) is 1.32. The Bertz CT molecular complexity index is 711. The normalized spacial score (nSPS) is 27.2. The smallest absolute Gasteiger partial charge is 0.411 e. The second-order valence-electron chi connectivity index (χ2n) is 7.67. The molecule has 1 unspecified atom stereocenters. The highest BCUT2D eigenvalue weighted by atomic mass is 79.9. The van der Waals surface area contributed by atoms with E-state index < -0.39 is 17.7 Å². The van der Waals surface area contributed by atoms with Crippen LogP contribution < -0.4 is 0 Å². The molecule has 3 fully saturated rings. The summed E-state index contributed by atoms with van der Waals surface area (Å²) in [7, 11) is 0. The fraction of sp³-hybridized carbons (Fsp3) is 0.556. The molecule has 0 spiro atoms. The standard InChI is InChI=1S/C18H22BrFN2O3/c1-18(2,3)25-17(23)22-12-7-11(8-12)16(21-24)14(22)9-10-5-4-6-13(19)15(10)20/h4-6,11-12,14,24H,7-9H2,1-3H3. The molecule has 1 aromatic carbocycles. The lowest BCUT2D eigenvalue weighted by atomic mass is 9.68. The van der Waals surface area contributed by atoms with Crippen molar-refractivity contribution in [2.75, 3.05) is 0 Å². The highest BCUT2D eigenvalue weighted by Crippen LogP contribution is 2.43. The molecule has 1 aliphatic carbocycles.